The lowest BCUT2D eigenvalue weighted by Gasteiger charge is -2.29. The van der Waals surface area contributed by atoms with Gasteiger partial charge in [0.05, 0.1) is 6.04 Å². The molecule has 2 aromatic carbocycles. The zero-order valence-electron chi connectivity index (χ0n) is 17.9. The first-order chi connectivity index (χ1) is 14.0. The molecule has 0 saturated heterocycles. The fourth-order valence-electron chi connectivity index (χ4n) is 3.60. The van der Waals surface area contributed by atoms with E-state index in [-0.39, 0.29) is 36.2 Å². The van der Waals surface area contributed by atoms with Gasteiger partial charge in [-0.1, -0.05) is 74.4 Å². The van der Waals surface area contributed by atoms with E-state index < -0.39 is 6.04 Å². The van der Waals surface area contributed by atoms with Crippen LogP contribution in [0.3, 0.4) is 0 Å². The Labute approximate surface area is 185 Å². The summed E-state index contributed by atoms with van der Waals surface area (Å²) in [7, 11) is 0. The fourth-order valence-corrected chi connectivity index (χ4v) is 3.60. The normalized spacial score (nSPS) is 17.1. The van der Waals surface area contributed by atoms with Crippen LogP contribution in [0.25, 0.3) is 0 Å². The van der Waals surface area contributed by atoms with Crippen molar-refractivity contribution in [2.24, 2.45) is 5.92 Å². The summed E-state index contributed by atoms with van der Waals surface area (Å²) in [5, 5.41) is 9.28. The average Bonchev–Trinajstić information content (AvgIpc) is 2.75. The largest absolute Gasteiger partial charge is 0.350 e. The van der Waals surface area contributed by atoms with Gasteiger partial charge in [-0.3, -0.25) is 9.59 Å². The van der Waals surface area contributed by atoms with Crippen molar-refractivity contribution in [1.29, 1.82) is 0 Å². The van der Waals surface area contributed by atoms with Gasteiger partial charge in [-0.25, -0.2) is 0 Å². The zero-order valence-corrected chi connectivity index (χ0v) is 18.7. The van der Waals surface area contributed by atoms with Crippen molar-refractivity contribution in [3.05, 3.63) is 70.8 Å². The van der Waals surface area contributed by atoms with Crippen molar-refractivity contribution in [2.45, 2.75) is 58.8 Å². The number of carbonyl (C=O) groups is 2. The Morgan fingerprint density at radius 3 is 2.43 bits per heavy atom. The molecular formula is C24H32ClN3O2. The Bertz CT molecular complexity index is 854. The number of fused-ring (bicyclic) bond motifs is 1. The molecule has 1 aliphatic rings. The van der Waals surface area contributed by atoms with E-state index in [0.29, 0.717) is 19.5 Å². The van der Waals surface area contributed by atoms with E-state index in [4.69, 9.17) is 0 Å². The Balaban J connectivity index is 0.00000320. The summed E-state index contributed by atoms with van der Waals surface area (Å²) < 4.78 is 0. The van der Waals surface area contributed by atoms with E-state index >= 15 is 0 Å². The van der Waals surface area contributed by atoms with E-state index in [2.05, 4.69) is 28.1 Å². The van der Waals surface area contributed by atoms with Gasteiger partial charge >= 0.3 is 0 Å². The van der Waals surface area contributed by atoms with Crippen LogP contribution in [0, 0.1) is 12.8 Å². The topological polar surface area (TPSA) is 70.2 Å². The highest BCUT2D eigenvalue weighted by Gasteiger charge is 2.30. The molecule has 1 aliphatic heterocycles. The molecule has 0 spiro atoms. The summed E-state index contributed by atoms with van der Waals surface area (Å²) in [6.07, 6.45) is 1.45. The Kier molecular flexibility index (Phi) is 8.88. The van der Waals surface area contributed by atoms with Crippen LogP contribution in [0.5, 0.6) is 0 Å². The van der Waals surface area contributed by atoms with Crippen LogP contribution in [0.4, 0.5) is 0 Å². The fraction of sp³-hybridized carbons (Fsp3) is 0.417. The van der Waals surface area contributed by atoms with Gasteiger partial charge in [0.25, 0.3) is 0 Å². The van der Waals surface area contributed by atoms with Crippen molar-refractivity contribution in [3.63, 3.8) is 0 Å². The highest BCUT2D eigenvalue weighted by atomic mass is 35.5. The van der Waals surface area contributed by atoms with Crippen molar-refractivity contribution >= 4 is 24.2 Å². The lowest BCUT2D eigenvalue weighted by molar-refractivity contribution is -0.131. The van der Waals surface area contributed by atoms with Gasteiger partial charge in [0.2, 0.25) is 11.8 Å². The molecule has 2 amide bonds. The maximum Gasteiger partial charge on any atom is 0.243 e. The summed E-state index contributed by atoms with van der Waals surface area (Å²) in [6.45, 7) is 7.19. The van der Waals surface area contributed by atoms with Crippen molar-refractivity contribution in [1.82, 2.24) is 16.0 Å². The smallest absolute Gasteiger partial charge is 0.243 e. The second-order valence-electron chi connectivity index (χ2n) is 7.98. The van der Waals surface area contributed by atoms with Crippen LogP contribution in [-0.4, -0.2) is 23.9 Å². The van der Waals surface area contributed by atoms with Crippen LogP contribution in [-0.2, 0) is 29.1 Å². The number of halogens is 1. The van der Waals surface area contributed by atoms with Crippen LogP contribution in [0.2, 0.25) is 0 Å². The standard InChI is InChI=1S/C24H31N3O2.ClH/c1-4-17(3)22(24(29)26-14-18-11-9-16(2)10-12-18)27-23(28)21-13-19-7-5-6-8-20(19)15-25-21;/h5-12,17,21-22,25H,4,13-15H2,1-3H3,(H,26,29)(H,27,28);1H/t17?,21-,22-;/m0./s1. The third kappa shape index (κ3) is 6.07. The lowest BCUT2D eigenvalue weighted by Crippen LogP contribution is -2.56. The van der Waals surface area contributed by atoms with Crippen molar-refractivity contribution in [2.75, 3.05) is 0 Å². The van der Waals surface area contributed by atoms with E-state index in [1.165, 1.54) is 16.7 Å². The van der Waals surface area contributed by atoms with Crippen molar-refractivity contribution < 1.29 is 9.59 Å². The molecule has 5 nitrogen and oxygen atoms in total. The summed E-state index contributed by atoms with van der Waals surface area (Å²) >= 11 is 0. The predicted molar refractivity (Wildman–Crippen MR) is 122 cm³/mol. The molecule has 0 aliphatic carbocycles. The monoisotopic (exact) mass is 429 g/mol. The number of amides is 2. The molecule has 3 N–H and O–H groups in total. The highest BCUT2D eigenvalue weighted by Crippen LogP contribution is 2.17. The summed E-state index contributed by atoms with van der Waals surface area (Å²) in [4.78, 5) is 25.8. The van der Waals surface area contributed by atoms with E-state index in [9.17, 15) is 9.59 Å². The van der Waals surface area contributed by atoms with E-state index in [1.807, 2.05) is 57.2 Å². The molecule has 1 unspecified atom stereocenters. The van der Waals surface area contributed by atoms with Gasteiger partial charge in [-0.05, 0) is 36.0 Å². The molecule has 0 saturated carbocycles. The van der Waals surface area contributed by atoms with Crippen LogP contribution in [0.1, 0.15) is 42.5 Å². The molecule has 1 heterocycles. The minimum Gasteiger partial charge on any atom is -0.350 e. The van der Waals surface area contributed by atoms with E-state index in [1.54, 1.807) is 0 Å². The van der Waals surface area contributed by atoms with Gasteiger partial charge in [-0.2, -0.15) is 0 Å². The quantitative estimate of drug-likeness (QED) is 0.632. The zero-order chi connectivity index (χ0) is 20.8. The maximum atomic E-state index is 12.9. The third-order valence-electron chi connectivity index (χ3n) is 5.78. The number of carbonyl (C=O) groups excluding carboxylic acids is 2. The predicted octanol–water partition coefficient (Wildman–Crippen LogP) is 3.28. The Hall–Kier alpha value is -2.37. The minimum absolute atomic E-state index is 0. The second-order valence-corrected chi connectivity index (χ2v) is 7.98. The number of hydrogen-bond donors (Lipinski definition) is 3. The molecule has 3 atom stereocenters. The highest BCUT2D eigenvalue weighted by molar-refractivity contribution is 5.90. The number of aryl methyl sites for hydroxylation is 1. The molecule has 3 rings (SSSR count). The lowest BCUT2D eigenvalue weighted by atomic mass is 9.94. The summed E-state index contributed by atoms with van der Waals surface area (Å²) in [5.74, 6) is -0.201. The molecule has 30 heavy (non-hydrogen) atoms. The van der Waals surface area contributed by atoms with Gasteiger partial charge in [0, 0.05) is 13.1 Å². The van der Waals surface area contributed by atoms with E-state index in [0.717, 1.165) is 12.0 Å². The Morgan fingerprint density at radius 2 is 1.77 bits per heavy atom. The molecule has 162 valence electrons. The number of nitrogens with one attached hydrogen (secondary N) is 3. The summed E-state index contributed by atoms with van der Waals surface area (Å²) in [6, 6.07) is 15.4. The van der Waals surface area contributed by atoms with Crippen molar-refractivity contribution in [3.8, 4) is 0 Å². The molecular weight excluding hydrogens is 398 g/mol. The molecule has 6 heteroatoms. The number of hydrogen-bond acceptors (Lipinski definition) is 3. The molecule has 0 aromatic heterocycles. The number of benzene rings is 2. The average molecular weight is 430 g/mol. The third-order valence-corrected chi connectivity index (χ3v) is 5.78. The Morgan fingerprint density at radius 1 is 1.10 bits per heavy atom. The molecule has 0 fully saturated rings. The first kappa shape index (κ1) is 23.9. The maximum absolute atomic E-state index is 12.9. The SMILES string of the molecule is CCC(C)[C@H](NC(=O)[C@@H]1Cc2ccccc2CN1)C(=O)NCc1ccc(C)cc1.Cl. The van der Waals surface area contributed by atoms with Gasteiger partial charge < -0.3 is 16.0 Å². The second kappa shape index (κ2) is 11.1. The van der Waals surface area contributed by atoms with Gasteiger partial charge in [-0.15, -0.1) is 12.4 Å². The van der Waals surface area contributed by atoms with Gasteiger partial charge in [0.15, 0.2) is 0 Å². The van der Waals surface area contributed by atoms with Crippen LogP contribution < -0.4 is 16.0 Å². The van der Waals surface area contributed by atoms with Gasteiger partial charge in [0.1, 0.15) is 6.04 Å². The molecule has 0 radical (unpaired) electrons. The minimum atomic E-state index is -0.545. The first-order valence-corrected chi connectivity index (χ1v) is 10.4. The number of rotatable bonds is 7. The molecule has 2 aromatic rings. The first-order valence-electron chi connectivity index (χ1n) is 10.4. The summed E-state index contributed by atoms with van der Waals surface area (Å²) in [5.41, 5.74) is 4.65. The van der Waals surface area contributed by atoms with Crippen LogP contribution >= 0.6 is 12.4 Å². The molecule has 0 bridgehead atoms. The van der Waals surface area contributed by atoms with Crippen LogP contribution in [0.15, 0.2) is 48.5 Å².